The number of fused-ring (bicyclic) bond motifs is 3. The maximum Gasteiger partial charge on any atom is 0.407 e. The highest BCUT2D eigenvalue weighted by molar-refractivity contribution is 5.79. The van der Waals surface area contributed by atoms with E-state index in [1.807, 2.05) is 38.1 Å². The molecule has 0 unspecified atom stereocenters. The number of alkyl carbamates (subject to hydrolysis) is 1. The molecule has 1 amide bonds. The fourth-order valence-electron chi connectivity index (χ4n) is 5.02. The lowest BCUT2D eigenvalue weighted by molar-refractivity contribution is -0.162. The molecule has 0 spiro atoms. The third-order valence-corrected chi connectivity index (χ3v) is 6.00. The van der Waals surface area contributed by atoms with Crippen molar-refractivity contribution in [2.75, 3.05) is 13.2 Å². The minimum atomic E-state index is -0.880. The molecule has 5 nitrogen and oxygen atoms in total. The van der Waals surface area contributed by atoms with Crippen molar-refractivity contribution in [2.24, 2.45) is 10.8 Å². The van der Waals surface area contributed by atoms with Gasteiger partial charge >= 0.3 is 12.1 Å². The molecule has 0 heterocycles. The third kappa shape index (κ3) is 3.15. The Morgan fingerprint density at radius 3 is 2.07 bits per heavy atom. The van der Waals surface area contributed by atoms with Gasteiger partial charge in [-0.25, -0.2) is 4.79 Å². The fraction of sp³-hybridized carbons (Fsp3) is 0.391. The average molecular weight is 379 g/mol. The number of hydrogen-bond donors (Lipinski definition) is 2. The van der Waals surface area contributed by atoms with Crippen LogP contribution in [0.15, 0.2) is 48.5 Å². The number of nitrogens with one attached hydrogen (secondary N) is 1. The van der Waals surface area contributed by atoms with E-state index in [9.17, 15) is 14.7 Å². The maximum absolute atomic E-state index is 12.3. The molecule has 0 atom stereocenters. The van der Waals surface area contributed by atoms with Gasteiger partial charge in [-0.05, 0) is 40.5 Å². The summed E-state index contributed by atoms with van der Waals surface area (Å²) in [6.07, 6.45) is 0.546. The molecule has 0 bridgehead atoms. The Hall–Kier alpha value is -2.82. The van der Waals surface area contributed by atoms with Gasteiger partial charge in [0.15, 0.2) is 0 Å². The zero-order valence-electron chi connectivity index (χ0n) is 16.2. The summed E-state index contributed by atoms with van der Waals surface area (Å²) in [6, 6.07) is 16.3. The van der Waals surface area contributed by atoms with E-state index < -0.39 is 17.5 Å². The van der Waals surface area contributed by atoms with Gasteiger partial charge < -0.3 is 15.2 Å². The van der Waals surface area contributed by atoms with E-state index in [1.165, 1.54) is 11.1 Å². The van der Waals surface area contributed by atoms with Crippen LogP contribution in [0.2, 0.25) is 0 Å². The number of carbonyl (C=O) groups is 2. The molecule has 2 aromatic rings. The maximum atomic E-state index is 12.3. The fourth-order valence-corrected chi connectivity index (χ4v) is 5.02. The molecule has 0 aromatic heterocycles. The van der Waals surface area contributed by atoms with E-state index in [2.05, 4.69) is 29.6 Å². The normalized spacial score (nSPS) is 18.5. The van der Waals surface area contributed by atoms with Gasteiger partial charge in [-0.2, -0.15) is 0 Å². The van der Waals surface area contributed by atoms with Gasteiger partial charge in [-0.15, -0.1) is 0 Å². The van der Waals surface area contributed by atoms with Crippen LogP contribution in [0, 0.1) is 10.8 Å². The minimum absolute atomic E-state index is 0.00123. The van der Waals surface area contributed by atoms with Crippen LogP contribution >= 0.6 is 0 Å². The van der Waals surface area contributed by atoms with E-state index in [-0.39, 0.29) is 24.5 Å². The zero-order valence-corrected chi connectivity index (χ0v) is 16.2. The van der Waals surface area contributed by atoms with Gasteiger partial charge in [-0.1, -0.05) is 62.4 Å². The Morgan fingerprint density at radius 1 is 1.04 bits per heavy atom. The van der Waals surface area contributed by atoms with E-state index in [1.54, 1.807) is 0 Å². The molecule has 4 rings (SSSR count). The van der Waals surface area contributed by atoms with Crippen molar-refractivity contribution in [3.63, 3.8) is 0 Å². The standard InChI is InChI=1S/C23H25NO4/c1-22(2)12-23(13-22,20(25)26)14-24-21(27)28-11-19-17-9-5-3-7-15(17)16-8-4-6-10-18(16)19/h3-10,19H,11-14H2,1-2H3,(H,24,27)(H,25,26). The molecule has 0 aliphatic heterocycles. The Kier molecular flexibility index (Phi) is 4.41. The smallest absolute Gasteiger partial charge is 0.407 e. The summed E-state index contributed by atoms with van der Waals surface area (Å²) in [5.41, 5.74) is 3.77. The molecular weight excluding hydrogens is 354 g/mol. The van der Waals surface area contributed by atoms with Gasteiger partial charge in [0.25, 0.3) is 0 Å². The van der Waals surface area contributed by atoms with Crippen molar-refractivity contribution in [1.29, 1.82) is 0 Å². The van der Waals surface area contributed by atoms with Crippen LogP contribution in [0.25, 0.3) is 11.1 Å². The van der Waals surface area contributed by atoms with Gasteiger partial charge in [0.1, 0.15) is 6.61 Å². The molecule has 1 fully saturated rings. The van der Waals surface area contributed by atoms with Gasteiger partial charge in [0.2, 0.25) is 0 Å². The number of carboxylic acid groups (broad SMARTS) is 1. The predicted molar refractivity (Wildman–Crippen MR) is 106 cm³/mol. The van der Waals surface area contributed by atoms with Gasteiger partial charge in [0.05, 0.1) is 5.41 Å². The zero-order chi connectivity index (χ0) is 19.9. The van der Waals surface area contributed by atoms with Crippen molar-refractivity contribution in [1.82, 2.24) is 5.32 Å². The number of carboxylic acids is 1. The van der Waals surface area contributed by atoms with E-state index in [0.29, 0.717) is 12.8 Å². The van der Waals surface area contributed by atoms with Crippen LogP contribution in [0.3, 0.4) is 0 Å². The number of ether oxygens (including phenoxy) is 1. The Morgan fingerprint density at radius 2 is 1.57 bits per heavy atom. The highest BCUT2D eigenvalue weighted by Crippen LogP contribution is 2.54. The van der Waals surface area contributed by atoms with Crippen LogP contribution in [-0.4, -0.2) is 30.3 Å². The lowest BCUT2D eigenvalue weighted by Gasteiger charge is -2.50. The van der Waals surface area contributed by atoms with Crippen molar-refractivity contribution in [3.05, 3.63) is 59.7 Å². The molecule has 0 radical (unpaired) electrons. The molecule has 5 heteroatoms. The molecule has 2 aliphatic carbocycles. The molecular formula is C23H25NO4. The summed E-state index contributed by atoms with van der Waals surface area (Å²) in [5.74, 6) is -0.861. The summed E-state index contributed by atoms with van der Waals surface area (Å²) >= 11 is 0. The van der Waals surface area contributed by atoms with Crippen LogP contribution in [-0.2, 0) is 9.53 Å². The molecule has 28 heavy (non-hydrogen) atoms. The number of amides is 1. The quantitative estimate of drug-likeness (QED) is 0.806. The average Bonchev–Trinajstić information content (AvgIpc) is 2.96. The van der Waals surface area contributed by atoms with Crippen molar-refractivity contribution < 1.29 is 19.4 Å². The second-order valence-electron chi connectivity index (χ2n) is 8.78. The van der Waals surface area contributed by atoms with Crippen molar-refractivity contribution in [3.8, 4) is 11.1 Å². The molecule has 2 aromatic carbocycles. The highest BCUT2D eigenvalue weighted by atomic mass is 16.5. The summed E-state index contributed by atoms with van der Waals surface area (Å²) in [5, 5.41) is 12.2. The number of rotatable bonds is 5. The van der Waals surface area contributed by atoms with Gasteiger partial charge in [0, 0.05) is 12.5 Å². The second kappa shape index (κ2) is 6.66. The van der Waals surface area contributed by atoms with Crippen molar-refractivity contribution >= 4 is 12.1 Å². The molecule has 2 aliphatic rings. The van der Waals surface area contributed by atoms with E-state index in [0.717, 1.165) is 11.1 Å². The summed E-state index contributed by atoms with van der Waals surface area (Å²) < 4.78 is 5.49. The molecule has 1 saturated carbocycles. The Labute approximate surface area is 164 Å². The van der Waals surface area contributed by atoms with E-state index in [4.69, 9.17) is 4.74 Å². The first kappa shape index (κ1) is 18.5. The van der Waals surface area contributed by atoms with Crippen molar-refractivity contribution in [2.45, 2.75) is 32.6 Å². The summed E-state index contributed by atoms with van der Waals surface area (Å²) in [4.78, 5) is 23.9. The number of aliphatic carboxylic acids is 1. The lowest BCUT2D eigenvalue weighted by Crippen LogP contribution is -2.54. The number of hydrogen-bond acceptors (Lipinski definition) is 3. The number of carbonyl (C=O) groups excluding carboxylic acids is 1. The van der Waals surface area contributed by atoms with Crippen LogP contribution < -0.4 is 5.32 Å². The molecule has 2 N–H and O–H groups in total. The Balaban J connectivity index is 1.40. The van der Waals surface area contributed by atoms with E-state index >= 15 is 0 Å². The largest absolute Gasteiger partial charge is 0.481 e. The lowest BCUT2D eigenvalue weighted by atomic mass is 9.54. The molecule has 146 valence electrons. The first-order valence-corrected chi connectivity index (χ1v) is 9.64. The van der Waals surface area contributed by atoms with Crippen LogP contribution in [0.1, 0.15) is 43.7 Å². The monoisotopic (exact) mass is 379 g/mol. The summed E-state index contributed by atoms with van der Waals surface area (Å²) in [7, 11) is 0. The van der Waals surface area contributed by atoms with Gasteiger partial charge in [-0.3, -0.25) is 4.79 Å². The first-order valence-electron chi connectivity index (χ1n) is 9.64. The Bertz CT molecular complexity index is 880. The van der Waals surface area contributed by atoms with Crippen LogP contribution in [0.5, 0.6) is 0 Å². The first-order chi connectivity index (χ1) is 13.3. The third-order valence-electron chi connectivity index (χ3n) is 6.00. The summed E-state index contributed by atoms with van der Waals surface area (Å²) in [6.45, 7) is 4.41. The topological polar surface area (TPSA) is 75.6 Å². The second-order valence-corrected chi connectivity index (χ2v) is 8.78. The highest BCUT2D eigenvalue weighted by Gasteiger charge is 2.54. The minimum Gasteiger partial charge on any atom is -0.481 e. The van der Waals surface area contributed by atoms with Crippen LogP contribution in [0.4, 0.5) is 4.79 Å². The SMILES string of the molecule is CC1(C)CC(CNC(=O)OCC2c3ccccc3-c3ccccc32)(C(=O)O)C1. The predicted octanol–water partition coefficient (Wildman–Crippen LogP) is 4.42. The number of benzene rings is 2. The molecule has 0 saturated heterocycles.